The van der Waals surface area contributed by atoms with E-state index in [0.717, 1.165) is 18.4 Å². The lowest BCUT2D eigenvalue weighted by Gasteiger charge is -2.27. The lowest BCUT2D eigenvalue weighted by Crippen LogP contribution is -2.30. The van der Waals surface area contributed by atoms with Crippen molar-refractivity contribution in [2.24, 2.45) is 0 Å². The number of hydrogen-bond acceptors (Lipinski definition) is 2. The van der Waals surface area contributed by atoms with Gasteiger partial charge in [0.25, 0.3) is 0 Å². The third kappa shape index (κ3) is 2.86. The molecule has 100 valence electrons. The second-order valence-corrected chi connectivity index (χ2v) is 5.75. The van der Waals surface area contributed by atoms with E-state index in [1.54, 1.807) is 12.1 Å². The molecular formula is C13H15BrCl2O2. The molecule has 1 fully saturated rings. The summed E-state index contributed by atoms with van der Waals surface area (Å²) in [6.07, 6.45) is 2.18. The molecule has 1 aliphatic heterocycles. The van der Waals surface area contributed by atoms with Gasteiger partial charge in [-0.05, 0) is 18.6 Å². The van der Waals surface area contributed by atoms with Gasteiger partial charge in [0.05, 0.1) is 23.1 Å². The molecule has 0 amide bonds. The van der Waals surface area contributed by atoms with Gasteiger partial charge in [-0.25, -0.2) is 0 Å². The van der Waals surface area contributed by atoms with Gasteiger partial charge in [0.15, 0.2) is 0 Å². The molecule has 1 saturated heterocycles. The van der Waals surface area contributed by atoms with Crippen molar-refractivity contribution in [3.8, 4) is 0 Å². The molecule has 0 bridgehead atoms. The third-order valence-electron chi connectivity index (χ3n) is 2.99. The number of rotatable bonds is 4. The number of hydrogen-bond donors (Lipinski definition) is 0. The number of ether oxygens (including phenoxy) is 2. The summed E-state index contributed by atoms with van der Waals surface area (Å²) in [6, 6.07) is 5.37. The molecule has 1 aliphatic rings. The molecule has 5 heteroatoms. The maximum atomic E-state index is 6.24. The van der Waals surface area contributed by atoms with Gasteiger partial charge < -0.3 is 9.47 Å². The first-order valence-corrected chi connectivity index (χ1v) is 7.82. The summed E-state index contributed by atoms with van der Waals surface area (Å²) in [7, 11) is 0. The predicted molar refractivity (Wildman–Crippen MR) is 77.7 cm³/mol. The first kappa shape index (κ1) is 14.6. The molecule has 0 aromatic heterocycles. The quantitative estimate of drug-likeness (QED) is 0.727. The first-order valence-electron chi connectivity index (χ1n) is 5.94. The monoisotopic (exact) mass is 352 g/mol. The van der Waals surface area contributed by atoms with Gasteiger partial charge >= 0.3 is 0 Å². The highest BCUT2D eigenvalue weighted by Crippen LogP contribution is 2.41. The highest BCUT2D eigenvalue weighted by atomic mass is 79.9. The number of alkyl halides is 1. The third-order valence-corrected chi connectivity index (χ3v) is 4.27. The Kier molecular flexibility index (Phi) is 4.95. The van der Waals surface area contributed by atoms with Crippen molar-refractivity contribution in [3.63, 3.8) is 0 Å². The molecule has 0 radical (unpaired) electrons. The van der Waals surface area contributed by atoms with Crippen molar-refractivity contribution < 1.29 is 9.47 Å². The molecule has 1 heterocycles. The average molecular weight is 354 g/mol. The second-order valence-electron chi connectivity index (χ2n) is 4.35. The maximum Gasteiger partial charge on any atom is 0.206 e. The van der Waals surface area contributed by atoms with E-state index in [1.165, 1.54) is 0 Å². The zero-order valence-corrected chi connectivity index (χ0v) is 13.2. The number of halogens is 3. The van der Waals surface area contributed by atoms with E-state index in [-0.39, 0.29) is 6.10 Å². The van der Waals surface area contributed by atoms with Gasteiger partial charge in [-0.3, -0.25) is 0 Å². The van der Waals surface area contributed by atoms with Crippen molar-refractivity contribution >= 4 is 39.1 Å². The summed E-state index contributed by atoms with van der Waals surface area (Å²) in [5.74, 6) is -0.790. The molecule has 1 aromatic carbocycles. The van der Waals surface area contributed by atoms with E-state index < -0.39 is 5.79 Å². The van der Waals surface area contributed by atoms with Crippen LogP contribution in [-0.4, -0.2) is 18.0 Å². The summed E-state index contributed by atoms with van der Waals surface area (Å²) in [5, 5.41) is 1.72. The first-order chi connectivity index (χ1) is 8.61. The molecule has 2 nitrogen and oxygen atoms in total. The minimum Gasteiger partial charge on any atom is -0.342 e. The van der Waals surface area contributed by atoms with Crippen LogP contribution < -0.4 is 0 Å². The zero-order valence-electron chi connectivity index (χ0n) is 10.1. The Labute approximate surface area is 126 Å². The van der Waals surface area contributed by atoms with Gasteiger partial charge in [0, 0.05) is 10.6 Å². The fourth-order valence-corrected chi connectivity index (χ4v) is 3.26. The van der Waals surface area contributed by atoms with Crippen LogP contribution in [0, 0.1) is 0 Å². The predicted octanol–water partition coefficient (Wildman–Crippen LogP) is 4.76. The molecule has 0 N–H and O–H groups in total. The molecule has 0 unspecified atom stereocenters. The summed E-state index contributed by atoms with van der Waals surface area (Å²) in [4.78, 5) is 0. The van der Waals surface area contributed by atoms with Crippen LogP contribution in [0.2, 0.25) is 10.0 Å². The van der Waals surface area contributed by atoms with Gasteiger partial charge in [0.1, 0.15) is 0 Å². The maximum absolute atomic E-state index is 6.24. The van der Waals surface area contributed by atoms with Crippen molar-refractivity contribution in [2.45, 2.75) is 31.7 Å². The van der Waals surface area contributed by atoms with E-state index in [9.17, 15) is 0 Å². The fraction of sp³-hybridized carbons (Fsp3) is 0.538. The van der Waals surface area contributed by atoms with E-state index >= 15 is 0 Å². The van der Waals surface area contributed by atoms with Crippen molar-refractivity contribution in [1.29, 1.82) is 0 Å². The molecule has 0 spiro atoms. The molecular weight excluding hydrogens is 339 g/mol. The number of benzene rings is 1. The molecule has 2 atom stereocenters. The Hall–Kier alpha value is 0.200. The van der Waals surface area contributed by atoms with Crippen LogP contribution in [0.15, 0.2) is 18.2 Å². The van der Waals surface area contributed by atoms with E-state index in [0.29, 0.717) is 22.0 Å². The molecule has 0 aliphatic carbocycles. The SMILES string of the molecule is CCC[C@H]1CO[C@](CBr)(c2ccc(Cl)cc2Cl)O1. The summed E-state index contributed by atoms with van der Waals surface area (Å²) in [5.41, 5.74) is 0.823. The van der Waals surface area contributed by atoms with Crippen molar-refractivity contribution in [1.82, 2.24) is 0 Å². The van der Waals surface area contributed by atoms with Crippen molar-refractivity contribution in [3.05, 3.63) is 33.8 Å². The summed E-state index contributed by atoms with van der Waals surface area (Å²) < 4.78 is 11.9. The van der Waals surface area contributed by atoms with Crippen LogP contribution >= 0.6 is 39.1 Å². The minimum atomic E-state index is -0.790. The van der Waals surface area contributed by atoms with Crippen LogP contribution in [0.4, 0.5) is 0 Å². The Morgan fingerprint density at radius 2 is 2.22 bits per heavy atom. The molecule has 1 aromatic rings. The average Bonchev–Trinajstić information content (AvgIpc) is 2.74. The van der Waals surface area contributed by atoms with Crippen LogP contribution in [0.1, 0.15) is 25.3 Å². The second kappa shape index (κ2) is 6.10. The molecule has 18 heavy (non-hydrogen) atoms. The highest BCUT2D eigenvalue weighted by molar-refractivity contribution is 9.09. The minimum absolute atomic E-state index is 0.124. The van der Waals surface area contributed by atoms with Gasteiger partial charge in [-0.15, -0.1) is 0 Å². The normalized spacial score (nSPS) is 27.7. The largest absolute Gasteiger partial charge is 0.342 e. The lowest BCUT2D eigenvalue weighted by atomic mass is 10.1. The Bertz CT molecular complexity index is 427. The van der Waals surface area contributed by atoms with Gasteiger partial charge in [-0.2, -0.15) is 0 Å². The van der Waals surface area contributed by atoms with Crippen molar-refractivity contribution in [2.75, 3.05) is 11.9 Å². The fourth-order valence-electron chi connectivity index (χ4n) is 2.11. The van der Waals surface area contributed by atoms with Crippen LogP contribution in [0.25, 0.3) is 0 Å². The Morgan fingerprint density at radius 3 is 2.83 bits per heavy atom. The van der Waals surface area contributed by atoms with Crippen LogP contribution in [-0.2, 0) is 15.3 Å². The highest BCUT2D eigenvalue weighted by Gasteiger charge is 2.43. The topological polar surface area (TPSA) is 18.5 Å². The van der Waals surface area contributed by atoms with Crippen LogP contribution in [0.3, 0.4) is 0 Å². The summed E-state index contributed by atoms with van der Waals surface area (Å²) >= 11 is 15.6. The van der Waals surface area contributed by atoms with Gasteiger partial charge in [0.2, 0.25) is 5.79 Å². The van der Waals surface area contributed by atoms with E-state index in [1.807, 2.05) is 6.07 Å². The Balaban J connectivity index is 2.28. The lowest BCUT2D eigenvalue weighted by molar-refractivity contribution is -0.157. The molecule has 0 saturated carbocycles. The summed E-state index contributed by atoms with van der Waals surface area (Å²) in [6.45, 7) is 2.73. The van der Waals surface area contributed by atoms with E-state index in [2.05, 4.69) is 22.9 Å². The van der Waals surface area contributed by atoms with Crippen LogP contribution in [0.5, 0.6) is 0 Å². The standard InChI is InChI=1S/C13H15BrCl2O2/c1-2-3-10-7-17-13(8-14,18-10)11-5-4-9(15)6-12(11)16/h4-6,10H,2-3,7-8H2,1H3/t10-,13-/m0/s1. The zero-order chi connectivity index (χ0) is 13.2. The van der Waals surface area contributed by atoms with E-state index in [4.69, 9.17) is 32.7 Å². The Morgan fingerprint density at radius 1 is 1.44 bits per heavy atom. The molecule has 2 rings (SSSR count). The van der Waals surface area contributed by atoms with Gasteiger partial charge in [-0.1, -0.05) is 58.5 Å². The smallest absolute Gasteiger partial charge is 0.206 e.